The lowest BCUT2D eigenvalue weighted by Gasteiger charge is -2.04. The van der Waals surface area contributed by atoms with Gasteiger partial charge in [-0.25, -0.2) is 9.67 Å². The Hall–Kier alpha value is -2.76. The fraction of sp³-hybridized carbons (Fsp3) is 0.200. The van der Waals surface area contributed by atoms with E-state index in [0.29, 0.717) is 13.2 Å². The zero-order chi connectivity index (χ0) is 14.7. The van der Waals surface area contributed by atoms with Crippen molar-refractivity contribution in [1.29, 1.82) is 0 Å². The minimum Gasteiger partial charge on any atom is -0.464 e. The van der Waals surface area contributed by atoms with E-state index in [9.17, 15) is 4.79 Å². The molecule has 0 aliphatic rings. The van der Waals surface area contributed by atoms with E-state index < -0.39 is 0 Å². The number of fused-ring (bicyclic) bond motifs is 1. The van der Waals surface area contributed by atoms with Crippen molar-refractivity contribution >= 4 is 17.0 Å². The molecule has 0 bridgehead atoms. The smallest absolute Gasteiger partial charge is 0.302 e. The number of nitrogens with zero attached hydrogens (tertiary/aromatic N) is 4. The predicted molar refractivity (Wildman–Crippen MR) is 77.4 cm³/mol. The van der Waals surface area contributed by atoms with Gasteiger partial charge in [0.2, 0.25) is 0 Å². The summed E-state index contributed by atoms with van der Waals surface area (Å²) in [6, 6.07) is 5.91. The van der Waals surface area contributed by atoms with Crippen LogP contribution >= 0.6 is 0 Å². The molecule has 6 nitrogen and oxygen atoms in total. The van der Waals surface area contributed by atoms with Crippen molar-refractivity contribution in [2.75, 3.05) is 6.61 Å². The Morgan fingerprint density at radius 3 is 2.81 bits per heavy atom. The molecule has 0 aromatic carbocycles. The summed E-state index contributed by atoms with van der Waals surface area (Å²) < 4.78 is 6.65. The van der Waals surface area contributed by atoms with Crippen LogP contribution in [0.4, 0.5) is 0 Å². The average molecular weight is 282 g/mol. The molecular weight excluding hydrogens is 268 g/mol. The molecule has 0 saturated carbocycles. The van der Waals surface area contributed by atoms with Gasteiger partial charge in [-0.3, -0.25) is 9.78 Å². The summed E-state index contributed by atoms with van der Waals surface area (Å²) in [7, 11) is 0. The lowest BCUT2D eigenvalue weighted by Crippen LogP contribution is -2.10. The van der Waals surface area contributed by atoms with E-state index in [1.54, 1.807) is 23.3 Å². The van der Waals surface area contributed by atoms with Gasteiger partial charge in [0.25, 0.3) is 0 Å². The fourth-order valence-corrected chi connectivity index (χ4v) is 2.11. The third-order valence-electron chi connectivity index (χ3n) is 3.10. The molecule has 0 saturated heterocycles. The summed E-state index contributed by atoms with van der Waals surface area (Å²) in [5.41, 5.74) is 2.86. The van der Waals surface area contributed by atoms with Gasteiger partial charge in [0.15, 0.2) is 5.65 Å². The second-order valence-electron chi connectivity index (χ2n) is 4.58. The minimum atomic E-state index is -0.292. The van der Waals surface area contributed by atoms with Gasteiger partial charge in [-0.2, -0.15) is 5.10 Å². The number of carbonyl (C=O) groups is 1. The van der Waals surface area contributed by atoms with Gasteiger partial charge in [0.1, 0.15) is 6.61 Å². The number of pyridine rings is 2. The molecule has 3 aromatic rings. The predicted octanol–water partition coefficient (Wildman–Crippen LogP) is 2.06. The first kappa shape index (κ1) is 13.2. The third-order valence-corrected chi connectivity index (χ3v) is 3.10. The Kier molecular flexibility index (Phi) is 3.59. The van der Waals surface area contributed by atoms with E-state index in [-0.39, 0.29) is 5.97 Å². The van der Waals surface area contributed by atoms with Crippen LogP contribution in [-0.4, -0.2) is 32.3 Å². The molecule has 0 radical (unpaired) electrons. The fourth-order valence-electron chi connectivity index (χ4n) is 2.11. The highest BCUT2D eigenvalue weighted by Crippen LogP contribution is 2.21. The highest BCUT2D eigenvalue weighted by atomic mass is 16.5. The van der Waals surface area contributed by atoms with Crippen LogP contribution in [0.3, 0.4) is 0 Å². The summed E-state index contributed by atoms with van der Waals surface area (Å²) >= 11 is 0. The van der Waals surface area contributed by atoms with Crippen molar-refractivity contribution < 1.29 is 9.53 Å². The second-order valence-corrected chi connectivity index (χ2v) is 4.58. The normalized spacial score (nSPS) is 10.7. The molecule has 0 fully saturated rings. The largest absolute Gasteiger partial charge is 0.464 e. The summed E-state index contributed by atoms with van der Waals surface area (Å²) in [5, 5.41) is 5.23. The summed E-state index contributed by atoms with van der Waals surface area (Å²) in [6.07, 6.45) is 7.08. The molecule has 3 heterocycles. The average Bonchev–Trinajstić information content (AvgIpc) is 2.90. The van der Waals surface area contributed by atoms with Crippen molar-refractivity contribution in [3.05, 3.63) is 43.0 Å². The SMILES string of the molecule is CC(=O)OCCn1ncc2cc(-c3ccncc3)cnc21. The molecule has 6 heteroatoms. The lowest BCUT2D eigenvalue weighted by atomic mass is 10.1. The summed E-state index contributed by atoms with van der Waals surface area (Å²) in [6.45, 7) is 2.17. The van der Waals surface area contributed by atoms with Gasteiger partial charge < -0.3 is 4.74 Å². The third kappa shape index (κ3) is 2.89. The highest BCUT2D eigenvalue weighted by Gasteiger charge is 2.06. The van der Waals surface area contributed by atoms with E-state index in [4.69, 9.17) is 4.74 Å². The molecule has 0 N–H and O–H groups in total. The maximum Gasteiger partial charge on any atom is 0.302 e. The number of rotatable bonds is 4. The van der Waals surface area contributed by atoms with E-state index >= 15 is 0 Å². The second kappa shape index (κ2) is 5.70. The topological polar surface area (TPSA) is 69.9 Å². The van der Waals surface area contributed by atoms with Crippen LogP contribution in [-0.2, 0) is 16.1 Å². The Morgan fingerprint density at radius 1 is 1.24 bits per heavy atom. The van der Waals surface area contributed by atoms with Crippen LogP contribution in [0, 0.1) is 0 Å². The van der Waals surface area contributed by atoms with Gasteiger partial charge in [-0.15, -0.1) is 0 Å². The molecule has 0 spiro atoms. The minimum absolute atomic E-state index is 0.292. The van der Waals surface area contributed by atoms with Gasteiger partial charge in [-0.1, -0.05) is 0 Å². The van der Waals surface area contributed by atoms with Crippen LogP contribution in [0.25, 0.3) is 22.2 Å². The monoisotopic (exact) mass is 282 g/mol. The van der Waals surface area contributed by atoms with Gasteiger partial charge >= 0.3 is 5.97 Å². The molecule has 0 atom stereocenters. The Bertz CT molecular complexity index is 768. The zero-order valence-electron chi connectivity index (χ0n) is 11.6. The molecule has 0 aliphatic carbocycles. The number of aromatic nitrogens is 4. The highest BCUT2D eigenvalue weighted by molar-refractivity contribution is 5.80. The van der Waals surface area contributed by atoms with E-state index in [2.05, 4.69) is 15.1 Å². The summed E-state index contributed by atoms with van der Waals surface area (Å²) in [4.78, 5) is 19.2. The number of ether oxygens (including phenoxy) is 1. The molecule has 0 unspecified atom stereocenters. The van der Waals surface area contributed by atoms with E-state index in [1.165, 1.54) is 6.92 Å². The maximum absolute atomic E-state index is 10.8. The van der Waals surface area contributed by atoms with Crippen LogP contribution in [0.15, 0.2) is 43.0 Å². The Labute approximate surface area is 121 Å². The zero-order valence-corrected chi connectivity index (χ0v) is 11.6. The lowest BCUT2D eigenvalue weighted by molar-refractivity contribution is -0.141. The maximum atomic E-state index is 10.8. The summed E-state index contributed by atoms with van der Waals surface area (Å²) in [5.74, 6) is -0.292. The number of hydrogen-bond donors (Lipinski definition) is 0. The van der Waals surface area contributed by atoms with Crippen molar-refractivity contribution in [3.8, 4) is 11.1 Å². The van der Waals surface area contributed by atoms with Gasteiger partial charge in [0.05, 0.1) is 12.7 Å². The molecule has 106 valence electrons. The van der Waals surface area contributed by atoms with Gasteiger partial charge in [0, 0.05) is 36.5 Å². The molecule has 3 rings (SSSR count). The number of esters is 1. The van der Waals surface area contributed by atoms with Crippen LogP contribution < -0.4 is 0 Å². The Morgan fingerprint density at radius 2 is 2.05 bits per heavy atom. The number of carbonyl (C=O) groups excluding carboxylic acids is 1. The van der Waals surface area contributed by atoms with Crippen molar-refractivity contribution in [3.63, 3.8) is 0 Å². The van der Waals surface area contributed by atoms with Crippen LogP contribution in [0.2, 0.25) is 0 Å². The molecule has 21 heavy (non-hydrogen) atoms. The van der Waals surface area contributed by atoms with Crippen molar-refractivity contribution in [1.82, 2.24) is 19.7 Å². The quantitative estimate of drug-likeness (QED) is 0.685. The first-order chi connectivity index (χ1) is 10.2. The van der Waals surface area contributed by atoms with E-state index in [0.717, 1.165) is 22.2 Å². The van der Waals surface area contributed by atoms with Gasteiger partial charge in [-0.05, 0) is 23.8 Å². The first-order valence-electron chi connectivity index (χ1n) is 6.59. The van der Waals surface area contributed by atoms with Crippen LogP contribution in [0.1, 0.15) is 6.92 Å². The Balaban J connectivity index is 1.86. The molecular formula is C15H14N4O2. The van der Waals surface area contributed by atoms with E-state index in [1.807, 2.05) is 24.4 Å². The molecule has 0 aliphatic heterocycles. The molecule has 0 amide bonds. The van der Waals surface area contributed by atoms with Crippen molar-refractivity contribution in [2.45, 2.75) is 13.5 Å². The number of hydrogen-bond acceptors (Lipinski definition) is 5. The molecule has 3 aromatic heterocycles. The van der Waals surface area contributed by atoms with Crippen molar-refractivity contribution in [2.24, 2.45) is 0 Å². The van der Waals surface area contributed by atoms with Crippen LogP contribution in [0.5, 0.6) is 0 Å². The first-order valence-corrected chi connectivity index (χ1v) is 6.59. The standard InChI is InChI=1S/C15H14N4O2/c1-11(20)21-7-6-19-15-14(10-18-19)8-13(9-17-15)12-2-4-16-5-3-12/h2-5,8-10H,6-7H2,1H3.